The number of hydrogen-bond acceptors (Lipinski definition) is 3. The Morgan fingerprint density at radius 2 is 1.85 bits per heavy atom. The summed E-state index contributed by atoms with van der Waals surface area (Å²) in [6.45, 7) is 7.11. The Balaban J connectivity index is 1.45. The number of ether oxygens (including phenoxy) is 1. The molecular formula is C23H35FN2O. The maximum absolute atomic E-state index is 13.9. The molecule has 2 aliphatic rings. The highest BCUT2D eigenvalue weighted by Crippen LogP contribution is 2.23. The quantitative estimate of drug-likeness (QED) is 0.598. The van der Waals surface area contributed by atoms with E-state index in [0.717, 1.165) is 50.2 Å². The molecule has 0 bridgehead atoms. The summed E-state index contributed by atoms with van der Waals surface area (Å²) in [6.07, 6.45) is 10.9. The molecule has 1 aliphatic carbocycles. The topological polar surface area (TPSA) is 15.7 Å². The van der Waals surface area contributed by atoms with Crippen LogP contribution in [0.1, 0.15) is 37.7 Å². The molecule has 3 rings (SSSR count). The van der Waals surface area contributed by atoms with Crippen molar-refractivity contribution < 1.29 is 9.13 Å². The molecule has 0 N–H and O–H groups in total. The lowest BCUT2D eigenvalue weighted by molar-refractivity contribution is 0.0987. The number of allylic oxidation sites excluding steroid dienone is 2. The Morgan fingerprint density at radius 1 is 1.07 bits per heavy atom. The Morgan fingerprint density at radius 3 is 2.56 bits per heavy atom. The van der Waals surface area contributed by atoms with Gasteiger partial charge < -0.3 is 9.64 Å². The van der Waals surface area contributed by atoms with Crippen molar-refractivity contribution in [3.05, 3.63) is 47.8 Å². The van der Waals surface area contributed by atoms with Crippen LogP contribution in [0.5, 0.6) is 0 Å². The summed E-state index contributed by atoms with van der Waals surface area (Å²) < 4.78 is 19.2. The van der Waals surface area contributed by atoms with Gasteiger partial charge in [0.2, 0.25) is 0 Å². The van der Waals surface area contributed by atoms with Crippen LogP contribution < -0.4 is 0 Å². The van der Waals surface area contributed by atoms with Gasteiger partial charge in [-0.1, -0.05) is 30.4 Å². The molecule has 0 amide bonds. The lowest BCUT2D eigenvalue weighted by atomic mass is 9.92. The van der Waals surface area contributed by atoms with Crippen LogP contribution >= 0.6 is 0 Å². The predicted molar refractivity (Wildman–Crippen MR) is 109 cm³/mol. The number of rotatable bonds is 9. The molecule has 0 aromatic heterocycles. The lowest BCUT2D eigenvalue weighted by Gasteiger charge is -2.36. The summed E-state index contributed by atoms with van der Waals surface area (Å²) in [4.78, 5) is 5.03. The van der Waals surface area contributed by atoms with E-state index in [-0.39, 0.29) is 5.82 Å². The van der Waals surface area contributed by atoms with E-state index >= 15 is 0 Å². The van der Waals surface area contributed by atoms with E-state index in [1.165, 1.54) is 45.2 Å². The van der Waals surface area contributed by atoms with E-state index in [9.17, 15) is 4.39 Å². The van der Waals surface area contributed by atoms with E-state index < -0.39 is 0 Å². The first-order valence-corrected chi connectivity index (χ1v) is 10.6. The van der Waals surface area contributed by atoms with Crippen molar-refractivity contribution in [2.45, 2.75) is 38.6 Å². The van der Waals surface area contributed by atoms with Gasteiger partial charge in [0.1, 0.15) is 5.82 Å². The third-order valence-corrected chi connectivity index (χ3v) is 6.08. The Hall–Kier alpha value is -1.23. The zero-order valence-corrected chi connectivity index (χ0v) is 16.8. The molecule has 27 heavy (non-hydrogen) atoms. The van der Waals surface area contributed by atoms with Crippen LogP contribution in [-0.4, -0.2) is 56.2 Å². The van der Waals surface area contributed by atoms with Crippen LogP contribution in [0.25, 0.3) is 0 Å². The average Bonchev–Trinajstić information content (AvgIpc) is 2.70. The van der Waals surface area contributed by atoms with E-state index in [2.05, 4.69) is 22.0 Å². The van der Waals surface area contributed by atoms with Crippen LogP contribution in [0.4, 0.5) is 4.39 Å². The lowest BCUT2D eigenvalue weighted by Crippen LogP contribution is -2.41. The van der Waals surface area contributed by atoms with Gasteiger partial charge >= 0.3 is 0 Å². The summed E-state index contributed by atoms with van der Waals surface area (Å²) in [5.41, 5.74) is 0.822. The zero-order chi connectivity index (χ0) is 18.9. The Bertz CT molecular complexity index is 583. The molecule has 1 saturated heterocycles. The van der Waals surface area contributed by atoms with Gasteiger partial charge in [0.15, 0.2) is 0 Å². The molecule has 150 valence electrons. The van der Waals surface area contributed by atoms with E-state index in [0.29, 0.717) is 0 Å². The zero-order valence-electron chi connectivity index (χ0n) is 16.8. The monoisotopic (exact) mass is 374 g/mol. The molecule has 1 fully saturated rings. The minimum Gasteiger partial charge on any atom is -0.383 e. The van der Waals surface area contributed by atoms with Gasteiger partial charge in [0.05, 0.1) is 6.61 Å². The van der Waals surface area contributed by atoms with Gasteiger partial charge in [-0.2, -0.15) is 0 Å². The summed E-state index contributed by atoms with van der Waals surface area (Å²) >= 11 is 0. The largest absolute Gasteiger partial charge is 0.383 e. The van der Waals surface area contributed by atoms with Gasteiger partial charge in [-0.3, -0.25) is 4.90 Å². The standard InChI is InChI=1S/C23H35FN2O/c1-27-16-15-26(17-20-7-3-2-4-8-20)18-21-11-13-25(14-12-21)19-22-9-5-6-10-23(22)24/h2-3,5-6,9-10,20-21H,4,7-8,11-19H2,1H3. The van der Waals surface area contributed by atoms with E-state index in [1.807, 2.05) is 12.1 Å². The second-order valence-electron chi connectivity index (χ2n) is 8.21. The minimum absolute atomic E-state index is 0.0769. The first-order valence-electron chi connectivity index (χ1n) is 10.6. The molecular weight excluding hydrogens is 339 g/mol. The number of piperidine rings is 1. The van der Waals surface area contributed by atoms with Gasteiger partial charge in [0.25, 0.3) is 0 Å². The highest BCUT2D eigenvalue weighted by atomic mass is 19.1. The Labute approximate surface area is 164 Å². The fourth-order valence-corrected chi connectivity index (χ4v) is 4.42. The SMILES string of the molecule is COCCN(CC1CC=CCC1)CC1CCN(Cc2ccccc2F)CC1. The highest BCUT2D eigenvalue weighted by Gasteiger charge is 2.23. The highest BCUT2D eigenvalue weighted by molar-refractivity contribution is 5.17. The van der Waals surface area contributed by atoms with Crippen molar-refractivity contribution in [2.24, 2.45) is 11.8 Å². The third kappa shape index (κ3) is 6.70. The summed E-state index contributed by atoms with van der Waals surface area (Å²) in [5.74, 6) is 1.47. The molecule has 1 aromatic carbocycles. The van der Waals surface area contributed by atoms with Crippen molar-refractivity contribution in [3.8, 4) is 0 Å². The minimum atomic E-state index is -0.0769. The second kappa shape index (κ2) is 10.9. The van der Waals surface area contributed by atoms with Crippen molar-refractivity contribution in [1.29, 1.82) is 0 Å². The number of hydrogen-bond donors (Lipinski definition) is 0. The molecule has 0 spiro atoms. The third-order valence-electron chi connectivity index (χ3n) is 6.08. The summed E-state index contributed by atoms with van der Waals surface area (Å²) in [6, 6.07) is 7.17. The first-order chi connectivity index (χ1) is 13.2. The fourth-order valence-electron chi connectivity index (χ4n) is 4.42. The predicted octanol–water partition coefficient (Wildman–Crippen LogP) is 4.34. The second-order valence-corrected chi connectivity index (χ2v) is 8.21. The first kappa shape index (κ1) is 20.5. The molecule has 1 aromatic rings. The molecule has 1 atom stereocenters. The maximum Gasteiger partial charge on any atom is 0.127 e. The van der Waals surface area contributed by atoms with Crippen LogP contribution in [0, 0.1) is 17.7 Å². The van der Waals surface area contributed by atoms with Crippen molar-refractivity contribution >= 4 is 0 Å². The van der Waals surface area contributed by atoms with Crippen molar-refractivity contribution in [3.63, 3.8) is 0 Å². The number of nitrogens with zero attached hydrogens (tertiary/aromatic N) is 2. The molecule has 1 aliphatic heterocycles. The smallest absolute Gasteiger partial charge is 0.127 e. The van der Waals surface area contributed by atoms with Crippen LogP contribution in [0.3, 0.4) is 0 Å². The number of benzene rings is 1. The molecule has 1 heterocycles. The van der Waals surface area contributed by atoms with Gasteiger partial charge in [-0.15, -0.1) is 0 Å². The normalized spacial score (nSPS) is 21.8. The molecule has 4 heteroatoms. The average molecular weight is 375 g/mol. The summed E-state index contributed by atoms with van der Waals surface area (Å²) in [7, 11) is 1.79. The fraction of sp³-hybridized carbons (Fsp3) is 0.652. The van der Waals surface area contributed by atoms with E-state index in [1.54, 1.807) is 19.2 Å². The summed E-state index contributed by atoms with van der Waals surface area (Å²) in [5, 5.41) is 0. The van der Waals surface area contributed by atoms with Crippen LogP contribution in [-0.2, 0) is 11.3 Å². The van der Waals surface area contributed by atoms with Gasteiger partial charge in [0, 0.05) is 38.9 Å². The molecule has 1 unspecified atom stereocenters. The van der Waals surface area contributed by atoms with Crippen molar-refractivity contribution in [1.82, 2.24) is 9.80 Å². The number of likely N-dealkylation sites (tertiary alicyclic amines) is 1. The van der Waals surface area contributed by atoms with Crippen LogP contribution in [0.15, 0.2) is 36.4 Å². The van der Waals surface area contributed by atoms with Crippen molar-refractivity contribution in [2.75, 3.05) is 46.4 Å². The van der Waals surface area contributed by atoms with E-state index in [4.69, 9.17) is 4.74 Å². The Kier molecular flexibility index (Phi) is 8.31. The molecule has 3 nitrogen and oxygen atoms in total. The van der Waals surface area contributed by atoms with Gasteiger partial charge in [-0.25, -0.2) is 4.39 Å². The van der Waals surface area contributed by atoms with Gasteiger partial charge in [-0.05, 0) is 63.1 Å². The number of halogens is 1. The molecule has 0 radical (unpaired) electrons. The molecule has 0 saturated carbocycles. The number of methoxy groups -OCH3 is 1. The van der Waals surface area contributed by atoms with Crippen LogP contribution in [0.2, 0.25) is 0 Å². The maximum atomic E-state index is 13.9.